The van der Waals surface area contributed by atoms with Crippen LogP contribution in [0.2, 0.25) is 0 Å². The zero-order valence-corrected chi connectivity index (χ0v) is 13.3. The molecule has 0 aromatic carbocycles. The first-order chi connectivity index (χ1) is 8.27. The van der Waals surface area contributed by atoms with Crippen LogP contribution in [0.5, 0.6) is 0 Å². The van der Waals surface area contributed by atoms with Crippen LogP contribution < -0.4 is 11.1 Å². The Bertz CT molecular complexity index is 283. The first-order valence-electron chi connectivity index (χ1n) is 6.41. The summed E-state index contributed by atoms with van der Waals surface area (Å²) in [6.07, 6.45) is 1.15. The molecule has 6 heteroatoms. The normalized spacial score (nSPS) is 13.7. The Morgan fingerprint density at radius 3 is 1.95 bits per heavy atom. The number of rotatable bonds is 7. The lowest BCUT2D eigenvalue weighted by Gasteiger charge is -2.21. The largest absolute Gasteiger partial charge is 0.467 e. The van der Waals surface area contributed by atoms with Gasteiger partial charge in [0.2, 0.25) is 5.91 Å². The van der Waals surface area contributed by atoms with Crippen LogP contribution in [0.4, 0.5) is 0 Å². The highest BCUT2D eigenvalue weighted by atomic mass is 35.5. The number of carbonyl (C=O) groups excluding carboxylic acids is 2. The van der Waals surface area contributed by atoms with Crippen molar-refractivity contribution in [1.82, 2.24) is 5.32 Å². The van der Waals surface area contributed by atoms with E-state index in [-0.39, 0.29) is 24.2 Å². The lowest BCUT2D eigenvalue weighted by molar-refractivity contribution is -0.145. The Morgan fingerprint density at radius 1 is 1.11 bits per heavy atom. The molecule has 0 aliphatic carbocycles. The van der Waals surface area contributed by atoms with Gasteiger partial charge >= 0.3 is 5.97 Å². The highest BCUT2D eigenvalue weighted by molar-refractivity contribution is 5.87. The molecule has 3 N–H and O–H groups in total. The molecule has 0 radical (unpaired) electrons. The average Bonchev–Trinajstić information content (AvgIpc) is 2.25. The molecule has 0 heterocycles. The van der Waals surface area contributed by atoms with Crippen molar-refractivity contribution >= 4 is 24.3 Å². The number of amides is 1. The molecule has 0 rings (SSSR count). The van der Waals surface area contributed by atoms with Gasteiger partial charge in [-0.1, -0.05) is 27.7 Å². The summed E-state index contributed by atoms with van der Waals surface area (Å²) in [4.78, 5) is 23.4. The third-order valence-electron chi connectivity index (χ3n) is 2.57. The van der Waals surface area contributed by atoms with E-state index in [1.807, 2.05) is 27.7 Å². The topological polar surface area (TPSA) is 81.4 Å². The molecule has 2 unspecified atom stereocenters. The fourth-order valence-corrected chi connectivity index (χ4v) is 1.72. The van der Waals surface area contributed by atoms with E-state index in [0.717, 1.165) is 0 Å². The summed E-state index contributed by atoms with van der Waals surface area (Å²) in [5, 5.41) is 2.67. The summed E-state index contributed by atoms with van der Waals surface area (Å²) in [6, 6.07) is -1.19. The second-order valence-corrected chi connectivity index (χ2v) is 5.45. The Kier molecular flexibility index (Phi) is 10.8. The van der Waals surface area contributed by atoms with E-state index in [1.165, 1.54) is 7.11 Å². The zero-order valence-electron chi connectivity index (χ0n) is 12.4. The third-order valence-corrected chi connectivity index (χ3v) is 2.57. The number of esters is 1. The van der Waals surface area contributed by atoms with Gasteiger partial charge in [-0.05, 0) is 24.7 Å². The van der Waals surface area contributed by atoms with Crippen LogP contribution in [0.15, 0.2) is 0 Å². The fourth-order valence-electron chi connectivity index (χ4n) is 1.72. The molecule has 0 aliphatic rings. The molecule has 0 spiro atoms. The number of hydrogen-bond donors (Lipinski definition) is 2. The van der Waals surface area contributed by atoms with Gasteiger partial charge < -0.3 is 15.8 Å². The highest BCUT2D eigenvalue weighted by Crippen LogP contribution is 2.08. The summed E-state index contributed by atoms with van der Waals surface area (Å²) in [6.45, 7) is 7.96. The Balaban J connectivity index is 0. The molecule has 0 fully saturated rings. The minimum atomic E-state index is -0.610. The lowest BCUT2D eigenvalue weighted by atomic mass is 10.0. The Labute approximate surface area is 122 Å². The van der Waals surface area contributed by atoms with Crippen molar-refractivity contribution in [1.29, 1.82) is 0 Å². The van der Waals surface area contributed by atoms with E-state index in [4.69, 9.17) is 5.73 Å². The molecular weight excluding hydrogens is 268 g/mol. The van der Waals surface area contributed by atoms with Gasteiger partial charge in [0.05, 0.1) is 13.2 Å². The summed E-state index contributed by atoms with van der Waals surface area (Å²) in [5.74, 6) is -0.0864. The third kappa shape index (κ3) is 8.83. The van der Waals surface area contributed by atoms with E-state index in [1.54, 1.807) is 0 Å². The molecule has 114 valence electrons. The highest BCUT2D eigenvalue weighted by Gasteiger charge is 2.25. The SMILES string of the molecule is COC(=O)C(CC(C)C)NC(=O)C(N)CC(C)C.Cl. The van der Waals surface area contributed by atoms with Crippen molar-refractivity contribution in [2.75, 3.05) is 7.11 Å². The lowest BCUT2D eigenvalue weighted by Crippen LogP contribution is -2.49. The molecule has 0 saturated carbocycles. The second kappa shape index (κ2) is 10.0. The van der Waals surface area contributed by atoms with Crippen LogP contribution in [0.1, 0.15) is 40.5 Å². The van der Waals surface area contributed by atoms with Crippen LogP contribution in [-0.2, 0) is 14.3 Å². The minimum Gasteiger partial charge on any atom is -0.467 e. The van der Waals surface area contributed by atoms with Crippen molar-refractivity contribution in [3.05, 3.63) is 0 Å². The average molecular weight is 295 g/mol. The number of halogens is 1. The van der Waals surface area contributed by atoms with Crippen LogP contribution in [0.3, 0.4) is 0 Å². The number of hydrogen-bond acceptors (Lipinski definition) is 4. The monoisotopic (exact) mass is 294 g/mol. The summed E-state index contributed by atoms with van der Waals surface area (Å²) in [7, 11) is 1.32. The van der Waals surface area contributed by atoms with Crippen LogP contribution >= 0.6 is 12.4 Å². The number of methoxy groups -OCH3 is 1. The van der Waals surface area contributed by atoms with Gasteiger partial charge in [0.1, 0.15) is 6.04 Å². The van der Waals surface area contributed by atoms with Crippen molar-refractivity contribution in [3.8, 4) is 0 Å². The first kappa shape index (κ1) is 20.5. The summed E-state index contributed by atoms with van der Waals surface area (Å²) in [5.41, 5.74) is 5.77. The second-order valence-electron chi connectivity index (χ2n) is 5.45. The van der Waals surface area contributed by atoms with Gasteiger partial charge in [0, 0.05) is 0 Å². The van der Waals surface area contributed by atoms with Gasteiger partial charge in [-0.3, -0.25) is 4.79 Å². The van der Waals surface area contributed by atoms with Gasteiger partial charge in [-0.2, -0.15) is 0 Å². The van der Waals surface area contributed by atoms with E-state index in [9.17, 15) is 9.59 Å². The standard InChI is InChI=1S/C13H26N2O3.ClH/c1-8(2)6-10(14)12(16)15-11(7-9(3)4)13(17)18-5;/h8-11H,6-7,14H2,1-5H3,(H,15,16);1H. The molecule has 1 amide bonds. The molecule has 0 aliphatic heterocycles. The smallest absolute Gasteiger partial charge is 0.328 e. The maximum absolute atomic E-state index is 11.8. The van der Waals surface area contributed by atoms with E-state index in [0.29, 0.717) is 18.8 Å². The van der Waals surface area contributed by atoms with Crippen LogP contribution in [0.25, 0.3) is 0 Å². The van der Waals surface area contributed by atoms with Gasteiger partial charge in [0.15, 0.2) is 0 Å². The Hall–Kier alpha value is -0.810. The quantitative estimate of drug-likeness (QED) is 0.697. The van der Waals surface area contributed by atoms with Gasteiger partial charge in [-0.15, -0.1) is 12.4 Å². The maximum atomic E-state index is 11.8. The summed E-state index contributed by atoms with van der Waals surface area (Å²) >= 11 is 0. The first-order valence-corrected chi connectivity index (χ1v) is 6.41. The number of nitrogens with one attached hydrogen (secondary N) is 1. The predicted octanol–water partition coefficient (Wildman–Crippen LogP) is 1.49. The molecule has 0 aromatic rings. The molecule has 0 saturated heterocycles. The summed E-state index contributed by atoms with van der Waals surface area (Å²) < 4.78 is 4.68. The van der Waals surface area contributed by atoms with Crippen LogP contribution in [0, 0.1) is 11.8 Å². The molecular formula is C13H27ClN2O3. The number of carbonyl (C=O) groups is 2. The Morgan fingerprint density at radius 2 is 1.58 bits per heavy atom. The number of ether oxygens (including phenoxy) is 1. The zero-order chi connectivity index (χ0) is 14.3. The van der Waals surface area contributed by atoms with Crippen molar-refractivity contribution in [2.24, 2.45) is 17.6 Å². The molecule has 0 aromatic heterocycles. The molecule has 5 nitrogen and oxygen atoms in total. The van der Waals surface area contributed by atoms with Gasteiger partial charge in [0.25, 0.3) is 0 Å². The molecule has 19 heavy (non-hydrogen) atoms. The van der Waals surface area contributed by atoms with Crippen molar-refractivity contribution in [3.63, 3.8) is 0 Å². The number of nitrogens with two attached hydrogens (primary N) is 1. The minimum absolute atomic E-state index is 0. The molecule has 0 bridgehead atoms. The fraction of sp³-hybridized carbons (Fsp3) is 0.846. The van der Waals surface area contributed by atoms with Gasteiger partial charge in [-0.25, -0.2) is 4.79 Å². The van der Waals surface area contributed by atoms with Crippen LogP contribution in [-0.4, -0.2) is 31.1 Å². The van der Waals surface area contributed by atoms with Crippen molar-refractivity contribution in [2.45, 2.75) is 52.6 Å². The van der Waals surface area contributed by atoms with E-state index >= 15 is 0 Å². The molecule has 2 atom stereocenters. The van der Waals surface area contributed by atoms with E-state index < -0.39 is 18.1 Å². The maximum Gasteiger partial charge on any atom is 0.328 e. The predicted molar refractivity (Wildman–Crippen MR) is 78.1 cm³/mol. The van der Waals surface area contributed by atoms with Crippen molar-refractivity contribution < 1.29 is 14.3 Å². The van der Waals surface area contributed by atoms with E-state index in [2.05, 4.69) is 10.1 Å².